The van der Waals surface area contributed by atoms with Crippen LogP contribution in [0.5, 0.6) is 0 Å². The first-order chi connectivity index (χ1) is 6.62. The lowest BCUT2D eigenvalue weighted by Gasteiger charge is -2.24. The molecule has 1 rings (SSSR count). The zero-order valence-electron chi connectivity index (χ0n) is 10.1. The van der Waals surface area contributed by atoms with Crippen LogP contribution in [0.25, 0.3) is 0 Å². The minimum atomic E-state index is 0.609. The van der Waals surface area contributed by atoms with Gasteiger partial charge in [0.1, 0.15) is 0 Å². The van der Waals surface area contributed by atoms with Crippen LogP contribution in [-0.4, -0.2) is 38.6 Å². The number of hydrogen-bond acceptors (Lipinski definition) is 2. The summed E-state index contributed by atoms with van der Waals surface area (Å²) >= 11 is 0. The van der Waals surface area contributed by atoms with Crippen molar-refractivity contribution in [3.63, 3.8) is 0 Å². The van der Waals surface area contributed by atoms with Gasteiger partial charge in [0.15, 0.2) is 0 Å². The molecular weight excluding hydrogens is 172 g/mol. The number of rotatable bonds is 6. The van der Waals surface area contributed by atoms with Gasteiger partial charge in [0.05, 0.1) is 0 Å². The summed E-state index contributed by atoms with van der Waals surface area (Å²) in [6.07, 6.45) is 7.00. The second-order valence-electron chi connectivity index (χ2n) is 5.35. The third-order valence-corrected chi connectivity index (χ3v) is 3.32. The molecule has 0 saturated heterocycles. The van der Waals surface area contributed by atoms with Crippen LogP contribution in [0.1, 0.15) is 39.0 Å². The van der Waals surface area contributed by atoms with E-state index in [0.29, 0.717) is 5.41 Å². The van der Waals surface area contributed by atoms with Crippen molar-refractivity contribution in [2.45, 2.75) is 39.0 Å². The van der Waals surface area contributed by atoms with Gasteiger partial charge < -0.3 is 10.2 Å². The molecule has 1 fully saturated rings. The Hall–Kier alpha value is -0.0800. The van der Waals surface area contributed by atoms with E-state index in [2.05, 4.69) is 31.2 Å². The van der Waals surface area contributed by atoms with Gasteiger partial charge in [0.25, 0.3) is 0 Å². The predicted molar refractivity (Wildman–Crippen MR) is 62.6 cm³/mol. The molecule has 0 atom stereocenters. The molecule has 1 aliphatic rings. The van der Waals surface area contributed by atoms with Gasteiger partial charge in [-0.3, -0.25) is 0 Å². The van der Waals surface area contributed by atoms with Crippen LogP contribution in [0.2, 0.25) is 0 Å². The fraction of sp³-hybridized carbons (Fsp3) is 1.00. The van der Waals surface area contributed by atoms with Crippen LogP contribution >= 0.6 is 0 Å². The van der Waals surface area contributed by atoms with Crippen LogP contribution in [0, 0.1) is 5.41 Å². The maximum Gasteiger partial charge on any atom is 0.000517 e. The molecule has 0 radical (unpaired) electrons. The quantitative estimate of drug-likeness (QED) is 0.658. The molecule has 1 N–H and O–H groups in total. The number of nitrogens with one attached hydrogen (secondary N) is 1. The Kier molecular flexibility index (Phi) is 4.90. The highest BCUT2D eigenvalue weighted by molar-refractivity contribution is 4.82. The van der Waals surface area contributed by atoms with Gasteiger partial charge in [-0.25, -0.2) is 0 Å². The molecule has 0 aromatic heterocycles. The van der Waals surface area contributed by atoms with Gasteiger partial charge in [-0.2, -0.15) is 0 Å². The van der Waals surface area contributed by atoms with Crippen LogP contribution in [0.4, 0.5) is 0 Å². The lowest BCUT2D eigenvalue weighted by atomic mass is 9.89. The van der Waals surface area contributed by atoms with E-state index >= 15 is 0 Å². The lowest BCUT2D eigenvalue weighted by Crippen LogP contribution is -2.31. The molecule has 0 spiro atoms. The molecule has 0 bridgehead atoms. The highest BCUT2D eigenvalue weighted by Crippen LogP contribution is 2.36. The first kappa shape index (κ1) is 12.0. The maximum absolute atomic E-state index is 3.60. The molecule has 1 saturated carbocycles. The average molecular weight is 198 g/mol. The SMILES string of the molecule is CN(C)CCCNCC1(C)CCCC1. The Morgan fingerprint density at radius 3 is 2.43 bits per heavy atom. The lowest BCUT2D eigenvalue weighted by molar-refractivity contribution is 0.309. The topological polar surface area (TPSA) is 15.3 Å². The molecule has 84 valence electrons. The number of nitrogens with zero attached hydrogens (tertiary/aromatic N) is 1. The van der Waals surface area contributed by atoms with E-state index in [9.17, 15) is 0 Å². The normalized spacial score (nSPS) is 20.6. The molecule has 0 aliphatic heterocycles. The second-order valence-corrected chi connectivity index (χ2v) is 5.35. The molecule has 2 heteroatoms. The minimum absolute atomic E-state index is 0.609. The highest BCUT2D eigenvalue weighted by atomic mass is 15.1. The first-order valence-corrected chi connectivity index (χ1v) is 5.98. The van der Waals surface area contributed by atoms with E-state index in [-0.39, 0.29) is 0 Å². The summed E-state index contributed by atoms with van der Waals surface area (Å²) in [5.41, 5.74) is 0.609. The average Bonchev–Trinajstić information content (AvgIpc) is 2.51. The smallest absolute Gasteiger partial charge is 0.000517 e. The van der Waals surface area contributed by atoms with Crippen molar-refractivity contribution < 1.29 is 0 Å². The van der Waals surface area contributed by atoms with Crippen molar-refractivity contribution in [2.24, 2.45) is 5.41 Å². The fourth-order valence-electron chi connectivity index (χ4n) is 2.32. The molecule has 0 aromatic carbocycles. The molecule has 0 unspecified atom stereocenters. The monoisotopic (exact) mass is 198 g/mol. The Morgan fingerprint density at radius 1 is 1.21 bits per heavy atom. The molecular formula is C12H26N2. The van der Waals surface area contributed by atoms with Crippen molar-refractivity contribution in [2.75, 3.05) is 33.7 Å². The van der Waals surface area contributed by atoms with Gasteiger partial charge in [-0.1, -0.05) is 19.8 Å². The van der Waals surface area contributed by atoms with Gasteiger partial charge in [0, 0.05) is 6.54 Å². The summed E-state index contributed by atoms with van der Waals surface area (Å²) in [6.45, 7) is 6.02. The van der Waals surface area contributed by atoms with Crippen LogP contribution in [0.3, 0.4) is 0 Å². The van der Waals surface area contributed by atoms with Crippen LogP contribution < -0.4 is 5.32 Å². The Bertz CT molecular complexity index is 148. The van der Waals surface area contributed by atoms with E-state index in [1.165, 1.54) is 51.7 Å². The van der Waals surface area contributed by atoms with E-state index in [1.807, 2.05) is 0 Å². The van der Waals surface area contributed by atoms with Crippen molar-refractivity contribution >= 4 is 0 Å². The first-order valence-electron chi connectivity index (χ1n) is 5.98. The van der Waals surface area contributed by atoms with Crippen molar-refractivity contribution in [1.29, 1.82) is 0 Å². The largest absolute Gasteiger partial charge is 0.316 e. The van der Waals surface area contributed by atoms with Crippen LogP contribution in [-0.2, 0) is 0 Å². The Morgan fingerprint density at radius 2 is 1.86 bits per heavy atom. The second kappa shape index (κ2) is 5.72. The fourth-order valence-corrected chi connectivity index (χ4v) is 2.32. The van der Waals surface area contributed by atoms with Crippen molar-refractivity contribution in [1.82, 2.24) is 10.2 Å². The van der Waals surface area contributed by atoms with E-state index in [4.69, 9.17) is 0 Å². The zero-order valence-corrected chi connectivity index (χ0v) is 10.1. The highest BCUT2D eigenvalue weighted by Gasteiger charge is 2.27. The summed E-state index contributed by atoms with van der Waals surface area (Å²) < 4.78 is 0. The molecule has 0 heterocycles. The van der Waals surface area contributed by atoms with Gasteiger partial charge in [0.2, 0.25) is 0 Å². The predicted octanol–water partition coefficient (Wildman–Crippen LogP) is 2.11. The van der Waals surface area contributed by atoms with E-state index < -0.39 is 0 Å². The summed E-state index contributed by atoms with van der Waals surface area (Å²) in [4.78, 5) is 2.25. The minimum Gasteiger partial charge on any atom is -0.316 e. The maximum atomic E-state index is 3.60. The van der Waals surface area contributed by atoms with Crippen molar-refractivity contribution in [3.05, 3.63) is 0 Å². The summed E-state index contributed by atoms with van der Waals surface area (Å²) in [6, 6.07) is 0. The Labute approximate surface area is 89.1 Å². The third kappa shape index (κ3) is 4.43. The van der Waals surface area contributed by atoms with Gasteiger partial charge in [-0.15, -0.1) is 0 Å². The molecule has 1 aliphatic carbocycles. The summed E-state index contributed by atoms with van der Waals surface area (Å²) in [7, 11) is 4.27. The summed E-state index contributed by atoms with van der Waals surface area (Å²) in [5.74, 6) is 0. The van der Waals surface area contributed by atoms with Crippen LogP contribution in [0.15, 0.2) is 0 Å². The third-order valence-electron chi connectivity index (χ3n) is 3.32. The summed E-state index contributed by atoms with van der Waals surface area (Å²) in [5, 5.41) is 3.60. The Balaban J connectivity index is 1.98. The van der Waals surface area contributed by atoms with E-state index in [1.54, 1.807) is 0 Å². The molecule has 0 amide bonds. The van der Waals surface area contributed by atoms with E-state index in [0.717, 1.165) is 0 Å². The van der Waals surface area contributed by atoms with Gasteiger partial charge >= 0.3 is 0 Å². The van der Waals surface area contributed by atoms with Gasteiger partial charge in [-0.05, 0) is 51.9 Å². The standard InChI is InChI=1S/C12H26N2/c1-12(7-4-5-8-12)11-13-9-6-10-14(2)3/h13H,4-11H2,1-3H3. The molecule has 2 nitrogen and oxygen atoms in total. The van der Waals surface area contributed by atoms with Crippen molar-refractivity contribution in [3.8, 4) is 0 Å². The zero-order chi connectivity index (χ0) is 10.4. The molecule has 0 aromatic rings. The molecule has 14 heavy (non-hydrogen) atoms. The number of hydrogen-bond donors (Lipinski definition) is 1.